The van der Waals surface area contributed by atoms with Crippen LogP contribution in [0.25, 0.3) is 10.2 Å². The zero-order valence-electron chi connectivity index (χ0n) is 11.2. The van der Waals surface area contributed by atoms with Gasteiger partial charge < -0.3 is 5.32 Å². The summed E-state index contributed by atoms with van der Waals surface area (Å²) in [5, 5.41) is 4.83. The van der Waals surface area contributed by atoms with E-state index in [0.717, 1.165) is 23.1 Å². The van der Waals surface area contributed by atoms with Crippen molar-refractivity contribution < 1.29 is 0 Å². The van der Waals surface area contributed by atoms with E-state index in [0.29, 0.717) is 5.41 Å². The quantitative estimate of drug-likeness (QED) is 0.892. The normalized spacial score (nSPS) is 18.8. The number of halogens is 1. The average molecular weight is 339 g/mol. The van der Waals surface area contributed by atoms with Crippen LogP contribution in [0.2, 0.25) is 0 Å². The molecule has 0 spiro atoms. The molecule has 1 aliphatic rings. The van der Waals surface area contributed by atoms with E-state index in [4.69, 9.17) is 4.98 Å². The van der Waals surface area contributed by atoms with Crippen LogP contribution in [0.4, 0.5) is 0 Å². The highest BCUT2D eigenvalue weighted by Gasteiger charge is 2.35. The van der Waals surface area contributed by atoms with Gasteiger partial charge in [0.05, 0.1) is 10.2 Å². The van der Waals surface area contributed by atoms with E-state index in [-0.39, 0.29) is 0 Å². The molecular formula is C15H19BrN2S. The predicted octanol–water partition coefficient (Wildman–Crippen LogP) is 4.48. The smallest absolute Gasteiger partial charge is 0.100 e. The zero-order valence-corrected chi connectivity index (χ0v) is 13.6. The van der Waals surface area contributed by atoms with Gasteiger partial charge in [0.1, 0.15) is 5.01 Å². The number of nitrogens with one attached hydrogen (secondary N) is 1. The van der Waals surface area contributed by atoms with Gasteiger partial charge in [-0.1, -0.05) is 29.3 Å². The maximum Gasteiger partial charge on any atom is 0.100 e. The molecule has 102 valence electrons. The molecule has 1 aromatic heterocycles. The van der Waals surface area contributed by atoms with E-state index >= 15 is 0 Å². The monoisotopic (exact) mass is 338 g/mol. The van der Waals surface area contributed by atoms with Crippen LogP contribution in [0.15, 0.2) is 22.7 Å². The number of fused-ring (bicyclic) bond motifs is 1. The molecule has 1 aliphatic heterocycles. The number of thiazole rings is 1. The number of hydrogen-bond acceptors (Lipinski definition) is 3. The van der Waals surface area contributed by atoms with Gasteiger partial charge >= 0.3 is 0 Å². The molecule has 0 atom stereocenters. The van der Waals surface area contributed by atoms with Crippen molar-refractivity contribution in [1.29, 1.82) is 0 Å². The fourth-order valence-corrected chi connectivity index (χ4v) is 4.87. The van der Waals surface area contributed by atoms with Gasteiger partial charge in [-0.05, 0) is 50.6 Å². The third-order valence-electron chi connectivity index (χ3n) is 4.09. The van der Waals surface area contributed by atoms with Crippen molar-refractivity contribution in [2.45, 2.75) is 38.0 Å². The number of hydrogen-bond donors (Lipinski definition) is 1. The summed E-state index contributed by atoms with van der Waals surface area (Å²) in [6, 6.07) is 6.40. The lowest BCUT2D eigenvalue weighted by Crippen LogP contribution is -2.39. The van der Waals surface area contributed by atoms with Gasteiger partial charge in [0.25, 0.3) is 0 Å². The highest BCUT2D eigenvalue weighted by atomic mass is 79.9. The van der Waals surface area contributed by atoms with E-state index in [1.54, 1.807) is 0 Å². The SMILES string of the molecule is CCCC1(c2nc3ccc(Br)cc3s2)CCNCC1. The molecule has 1 saturated heterocycles. The molecule has 2 aromatic rings. The first-order valence-corrected chi connectivity index (χ1v) is 8.62. The second kappa shape index (κ2) is 5.51. The molecule has 0 bridgehead atoms. The Hall–Kier alpha value is -0.450. The maximum absolute atomic E-state index is 4.94. The van der Waals surface area contributed by atoms with Crippen LogP contribution < -0.4 is 5.32 Å². The Bertz CT molecular complexity index is 567. The van der Waals surface area contributed by atoms with E-state index in [9.17, 15) is 0 Å². The highest BCUT2D eigenvalue weighted by molar-refractivity contribution is 9.10. The molecule has 0 saturated carbocycles. The van der Waals surface area contributed by atoms with Gasteiger partial charge in [-0.3, -0.25) is 0 Å². The molecule has 4 heteroatoms. The first-order chi connectivity index (χ1) is 9.23. The Morgan fingerprint density at radius 3 is 2.89 bits per heavy atom. The van der Waals surface area contributed by atoms with Crippen molar-refractivity contribution in [2.24, 2.45) is 0 Å². The van der Waals surface area contributed by atoms with Crippen LogP contribution in [0.5, 0.6) is 0 Å². The third kappa shape index (κ3) is 2.58. The fraction of sp³-hybridized carbons (Fsp3) is 0.533. The third-order valence-corrected chi connectivity index (χ3v) is 5.85. The average Bonchev–Trinajstić information content (AvgIpc) is 2.83. The molecule has 0 aliphatic carbocycles. The lowest BCUT2D eigenvalue weighted by molar-refractivity contribution is 0.285. The molecule has 0 amide bonds. The van der Waals surface area contributed by atoms with Crippen LogP contribution in [-0.2, 0) is 5.41 Å². The molecular weight excluding hydrogens is 320 g/mol. The topological polar surface area (TPSA) is 24.9 Å². The molecule has 2 heterocycles. The van der Waals surface area contributed by atoms with Crippen molar-refractivity contribution in [1.82, 2.24) is 10.3 Å². The largest absolute Gasteiger partial charge is 0.317 e. The summed E-state index contributed by atoms with van der Waals surface area (Å²) in [4.78, 5) is 4.94. The number of piperidine rings is 1. The van der Waals surface area contributed by atoms with Crippen molar-refractivity contribution in [3.63, 3.8) is 0 Å². The van der Waals surface area contributed by atoms with Gasteiger partial charge in [-0.25, -0.2) is 4.98 Å². The Morgan fingerprint density at radius 2 is 2.16 bits per heavy atom. The summed E-state index contributed by atoms with van der Waals surface area (Å²) in [6.45, 7) is 4.53. The molecule has 1 aromatic carbocycles. The molecule has 3 rings (SSSR count). The molecule has 19 heavy (non-hydrogen) atoms. The van der Waals surface area contributed by atoms with Crippen LogP contribution >= 0.6 is 27.3 Å². The lowest BCUT2D eigenvalue weighted by atomic mass is 9.76. The second-order valence-corrected chi connectivity index (χ2v) is 7.36. The number of rotatable bonds is 3. The molecule has 0 unspecified atom stereocenters. The van der Waals surface area contributed by atoms with Crippen LogP contribution in [0, 0.1) is 0 Å². The van der Waals surface area contributed by atoms with E-state index < -0.39 is 0 Å². The Labute approximate surface area is 126 Å². The number of nitrogens with zero attached hydrogens (tertiary/aromatic N) is 1. The minimum absolute atomic E-state index is 0.316. The Balaban J connectivity index is 2.04. The van der Waals surface area contributed by atoms with Crippen molar-refractivity contribution in [3.05, 3.63) is 27.7 Å². The van der Waals surface area contributed by atoms with Gasteiger partial charge in [0.2, 0.25) is 0 Å². The summed E-state index contributed by atoms with van der Waals surface area (Å²) in [5.74, 6) is 0. The molecule has 1 fully saturated rings. The molecule has 1 N–H and O–H groups in total. The molecule has 2 nitrogen and oxygen atoms in total. The summed E-state index contributed by atoms with van der Waals surface area (Å²) in [7, 11) is 0. The van der Waals surface area contributed by atoms with Crippen molar-refractivity contribution in [3.8, 4) is 0 Å². The lowest BCUT2D eigenvalue weighted by Gasteiger charge is -2.35. The van der Waals surface area contributed by atoms with Crippen molar-refractivity contribution >= 4 is 37.5 Å². The summed E-state index contributed by atoms with van der Waals surface area (Å²) >= 11 is 5.44. The minimum Gasteiger partial charge on any atom is -0.317 e. The summed E-state index contributed by atoms with van der Waals surface area (Å²) in [5.41, 5.74) is 1.47. The van der Waals surface area contributed by atoms with Crippen LogP contribution in [-0.4, -0.2) is 18.1 Å². The predicted molar refractivity (Wildman–Crippen MR) is 86.0 cm³/mol. The van der Waals surface area contributed by atoms with Crippen molar-refractivity contribution in [2.75, 3.05) is 13.1 Å². The molecule has 0 radical (unpaired) electrons. The minimum atomic E-state index is 0.316. The zero-order chi connectivity index (χ0) is 13.3. The fourth-order valence-electron chi connectivity index (χ4n) is 3.08. The summed E-state index contributed by atoms with van der Waals surface area (Å²) < 4.78 is 2.45. The number of aromatic nitrogens is 1. The van der Waals surface area contributed by atoms with Gasteiger partial charge in [-0.15, -0.1) is 11.3 Å². The van der Waals surface area contributed by atoms with Gasteiger partial charge in [0, 0.05) is 9.89 Å². The van der Waals surface area contributed by atoms with Gasteiger partial charge in [-0.2, -0.15) is 0 Å². The summed E-state index contributed by atoms with van der Waals surface area (Å²) in [6.07, 6.45) is 4.94. The second-order valence-electron chi connectivity index (χ2n) is 5.41. The standard InChI is InChI=1S/C15H19BrN2S/c1-2-5-15(6-8-17-9-7-15)14-18-12-4-3-11(16)10-13(12)19-14/h3-4,10,17H,2,5-9H2,1H3. The van der Waals surface area contributed by atoms with E-state index in [1.807, 2.05) is 11.3 Å². The highest BCUT2D eigenvalue weighted by Crippen LogP contribution is 2.41. The first kappa shape index (κ1) is 13.5. The van der Waals surface area contributed by atoms with Gasteiger partial charge in [0.15, 0.2) is 0 Å². The van der Waals surface area contributed by atoms with Crippen LogP contribution in [0.1, 0.15) is 37.6 Å². The number of benzene rings is 1. The van der Waals surface area contributed by atoms with Crippen LogP contribution in [0.3, 0.4) is 0 Å². The Morgan fingerprint density at radius 1 is 1.37 bits per heavy atom. The maximum atomic E-state index is 4.94. The van der Waals surface area contributed by atoms with E-state index in [1.165, 1.54) is 35.4 Å². The first-order valence-electron chi connectivity index (χ1n) is 7.01. The van der Waals surface area contributed by atoms with E-state index in [2.05, 4.69) is 46.4 Å². The Kier molecular flexibility index (Phi) is 3.92.